The molecule has 0 radical (unpaired) electrons. The van der Waals surface area contributed by atoms with E-state index in [1.54, 1.807) is 6.92 Å². The number of halogens is 3. The predicted molar refractivity (Wildman–Crippen MR) is 65.5 cm³/mol. The van der Waals surface area contributed by atoms with Gasteiger partial charge >= 0.3 is 6.18 Å². The molecule has 5 nitrogen and oxygen atoms in total. The van der Waals surface area contributed by atoms with E-state index < -0.39 is 27.9 Å². The lowest BCUT2D eigenvalue weighted by molar-refractivity contribution is -0.141. The molecular formula is C11H15F3N2O3S. The number of aromatic nitrogens is 1. The van der Waals surface area contributed by atoms with Crippen molar-refractivity contribution in [1.29, 1.82) is 0 Å². The fraction of sp³-hybridized carbons (Fsp3) is 0.545. The van der Waals surface area contributed by atoms with Crippen molar-refractivity contribution in [2.24, 2.45) is 0 Å². The van der Waals surface area contributed by atoms with Gasteiger partial charge in [-0.15, -0.1) is 0 Å². The summed E-state index contributed by atoms with van der Waals surface area (Å²) in [6, 6.07) is 1.11. The lowest BCUT2D eigenvalue weighted by atomic mass is 10.3. The van der Waals surface area contributed by atoms with Gasteiger partial charge in [-0.1, -0.05) is 0 Å². The van der Waals surface area contributed by atoms with Crippen molar-refractivity contribution < 1.29 is 26.3 Å². The molecule has 0 aliphatic heterocycles. The zero-order valence-electron chi connectivity index (χ0n) is 10.9. The number of ether oxygens (including phenoxy) is 1. The standard InChI is InChI=1S/C11H15F3N2O3S/c1-8(5-6-19-2)16-20(17,18)9-3-4-10(15-7-9)11(12,13)14/h3-4,7-8,16H,5-6H2,1-2H3/t8-/m0/s1. The first kappa shape index (κ1) is 16.9. The highest BCUT2D eigenvalue weighted by molar-refractivity contribution is 7.89. The van der Waals surface area contributed by atoms with Crippen LogP contribution in [0.5, 0.6) is 0 Å². The van der Waals surface area contributed by atoms with E-state index in [2.05, 4.69) is 9.71 Å². The first-order valence-corrected chi connectivity index (χ1v) is 7.19. The highest BCUT2D eigenvalue weighted by atomic mass is 32.2. The number of hydrogen-bond donors (Lipinski definition) is 1. The Balaban J connectivity index is 2.83. The molecule has 1 heterocycles. The smallest absolute Gasteiger partial charge is 0.385 e. The SMILES string of the molecule is COCC[C@H](C)NS(=O)(=O)c1ccc(C(F)(F)F)nc1. The maximum Gasteiger partial charge on any atom is 0.433 e. The van der Waals surface area contributed by atoms with Crippen molar-refractivity contribution in [3.05, 3.63) is 24.0 Å². The van der Waals surface area contributed by atoms with Crippen LogP contribution in [0.1, 0.15) is 19.0 Å². The molecule has 0 unspecified atom stereocenters. The number of pyridine rings is 1. The summed E-state index contributed by atoms with van der Waals surface area (Å²) in [5.74, 6) is 0. The zero-order chi connectivity index (χ0) is 15.4. The van der Waals surface area contributed by atoms with E-state index >= 15 is 0 Å². The lowest BCUT2D eigenvalue weighted by Gasteiger charge is -2.14. The molecule has 0 saturated heterocycles. The summed E-state index contributed by atoms with van der Waals surface area (Å²) in [5.41, 5.74) is -1.14. The van der Waals surface area contributed by atoms with Crippen LogP contribution in [0.15, 0.2) is 23.2 Å². The van der Waals surface area contributed by atoms with Gasteiger partial charge in [-0.05, 0) is 25.5 Å². The highest BCUT2D eigenvalue weighted by Gasteiger charge is 2.32. The quantitative estimate of drug-likeness (QED) is 0.870. The third-order valence-electron chi connectivity index (χ3n) is 2.45. The van der Waals surface area contributed by atoms with Crippen LogP contribution in [-0.4, -0.2) is 33.2 Å². The van der Waals surface area contributed by atoms with Crippen molar-refractivity contribution in [2.75, 3.05) is 13.7 Å². The molecule has 20 heavy (non-hydrogen) atoms. The fourth-order valence-electron chi connectivity index (χ4n) is 1.39. The Morgan fingerprint density at radius 1 is 1.40 bits per heavy atom. The van der Waals surface area contributed by atoms with Gasteiger partial charge < -0.3 is 4.74 Å². The highest BCUT2D eigenvalue weighted by Crippen LogP contribution is 2.27. The normalized spacial score (nSPS) is 14.2. The first-order chi connectivity index (χ1) is 9.16. The Labute approximate surface area is 115 Å². The van der Waals surface area contributed by atoms with E-state index in [0.29, 0.717) is 25.3 Å². The summed E-state index contributed by atoms with van der Waals surface area (Å²) >= 11 is 0. The molecule has 0 spiro atoms. The third kappa shape index (κ3) is 4.73. The van der Waals surface area contributed by atoms with Crippen LogP contribution in [0.25, 0.3) is 0 Å². The van der Waals surface area contributed by atoms with E-state index in [1.807, 2.05) is 0 Å². The second-order valence-electron chi connectivity index (χ2n) is 4.18. The van der Waals surface area contributed by atoms with Gasteiger partial charge in [-0.25, -0.2) is 13.1 Å². The Kier molecular flexibility index (Phi) is 5.49. The average Bonchev–Trinajstić information content (AvgIpc) is 2.35. The predicted octanol–water partition coefficient (Wildman–Crippen LogP) is 1.80. The molecule has 0 bridgehead atoms. The fourth-order valence-corrected chi connectivity index (χ4v) is 2.62. The average molecular weight is 312 g/mol. The van der Waals surface area contributed by atoms with E-state index in [1.165, 1.54) is 7.11 Å². The molecule has 1 rings (SSSR count). The first-order valence-electron chi connectivity index (χ1n) is 5.71. The van der Waals surface area contributed by atoms with Gasteiger partial charge in [-0.2, -0.15) is 13.2 Å². The number of nitrogens with one attached hydrogen (secondary N) is 1. The van der Waals surface area contributed by atoms with E-state index in [-0.39, 0.29) is 4.90 Å². The summed E-state index contributed by atoms with van der Waals surface area (Å²) in [6.07, 6.45) is -3.46. The molecule has 0 aromatic carbocycles. The minimum Gasteiger partial charge on any atom is -0.385 e. The molecule has 0 fully saturated rings. The zero-order valence-corrected chi connectivity index (χ0v) is 11.8. The van der Waals surface area contributed by atoms with Crippen LogP contribution in [0.2, 0.25) is 0 Å². The number of rotatable bonds is 6. The molecule has 1 aromatic heterocycles. The lowest BCUT2D eigenvalue weighted by Crippen LogP contribution is -2.33. The van der Waals surface area contributed by atoms with Crippen molar-refractivity contribution in [3.8, 4) is 0 Å². The number of nitrogens with zero attached hydrogens (tertiary/aromatic N) is 1. The molecule has 0 saturated carbocycles. The summed E-state index contributed by atoms with van der Waals surface area (Å²) in [7, 11) is -2.40. The largest absolute Gasteiger partial charge is 0.433 e. The van der Waals surface area contributed by atoms with Crippen LogP contribution in [-0.2, 0) is 20.9 Å². The number of methoxy groups -OCH3 is 1. The van der Waals surface area contributed by atoms with E-state index in [9.17, 15) is 21.6 Å². The van der Waals surface area contributed by atoms with Crippen molar-refractivity contribution in [3.63, 3.8) is 0 Å². The maximum atomic E-state index is 12.3. The summed E-state index contributed by atoms with van der Waals surface area (Å²) < 4.78 is 67.9. The van der Waals surface area contributed by atoms with Gasteiger partial charge in [0.05, 0.1) is 0 Å². The molecule has 1 atom stereocenters. The van der Waals surface area contributed by atoms with Gasteiger partial charge in [0.15, 0.2) is 0 Å². The Bertz CT molecular complexity index is 529. The number of alkyl halides is 3. The molecule has 0 aliphatic rings. The number of hydrogen-bond acceptors (Lipinski definition) is 4. The second kappa shape index (κ2) is 6.51. The molecular weight excluding hydrogens is 297 g/mol. The van der Waals surface area contributed by atoms with Crippen molar-refractivity contribution in [2.45, 2.75) is 30.5 Å². The minimum absolute atomic E-state index is 0.310. The monoisotopic (exact) mass is 312 g/mol. The minimum atomic E-state index is -4.60. The topological polar surface area (TPSA) is 68.3 Å². The molecule has 9 heteroatoms. The molecule has 0 amide bonds. The maximum absolute atomic E-state index is 12.3. The number of sulfonamides is 1. The van der Waals surface area contributed by atoms with E-state index in [0.717, 1.165) is 6.07 Å². The molecule has 1 N–H and O–H groups in total. The summed E-state index contributed by atoms with van der Waals surface area (Å²) in [6.45, 7) is 2.00. The van der Waals surface area contributed by atoms with Gasteiger partial charge in [0.1, 0.15) is 10.6 Å². The molecule has 0 aliphatic carbocycles. The van der Waals surface area contributed by atoms with Gasteiger partial charge in [0.2, 0.25) is 10.0 Å². The Morgan fingerprint density at radius 2 is 2.05 bits per heavy atom. The van der Waals surface area contributed by atoms with Crippen LogP contribution >= 0.6 is 0 Å². The Morgan fingerprint density at radius 3 is 2.50 bits per heavy atom. The molecule has 1 aromatic rings. The van der Waals surface area contributed by atoms with Crippen LogP contribution in [0.3, 0.4) is 0 Å². The summed E-state index contributed by atoms with van der Waals surface area (Å²) in [4.78, 5) is 2.81. The summed E-state index contributed by atoms with van der Waals surface area (Å²) in [5, 5.41) is 0. The molecule has 114 valence electrons. The van der Waals surface area contributed by atoms with Crippen LogP contribution < -0.4 is 4.72 Å². The van der Waals surface area contributed by atoms with Crippen molar-refractivity contribution >= 4 is 10.0 Å². The second-order valence-corrected chi connectivity index (χ2v) is 5.89. The van der Waals surface area contributed by atoms with Crippen LogP contribution in [0.4, 0.5) is 13.2 Å². The third-order valence-corrected chi connectivity index (χ3v) is 4.02. The van der Waals surface area contributed by atoms with Gasteiger partial charge in [0.25, 0.3) is 0 Å². The Hall–Kier alpha value is -1.19. The van der Waals surface area contributed by atoms with Crippen molar-refractivity contribution in [1.82, 2.24) is 9.71 Å². The van der Waals surface area contributed by atoms with Gasteiger partial charge in [-0.3, -0.25) is 4.98 Å². The van der Waals surface area contributed by atoms with E-state index in [4.69, 9.17) is 4.74 Å². The van der Waals surface area contributed by atoms with Gasteiger partial charge in [0, 0.05) is 26.0 Å². The van der Waals surface area contributed by atoms with Crippen LogP contribution in [0, 0.1) is 0 Å².